The highest BCUT2D eigenvalue weighted by molar-refractivity contribution is 7.93. The van der Waals surface area contributed by atoms with Gasteiger partial charge in [-0.3, -0.25) is 9.52 Å². The largest absolute Gasteiger partial charge is 0.516 e. The van der Waals surface area contributed by atoms with Crippen LogP contribution in [-0.2, 0) is 10.0 Å². The fourth-order valence-corrected chi connectivity index (χ4v) is 2.80. The number of rotatable bonds is 4. The Labute approximate surface area is 146 Å². The Bertz CT molecular complexity index is 1060. The number of H-pyrrole nitrogens is 1. The van der Waals surface area contributed by atoms with E-state index in [9.17, 15) is 26.4 Å². The van der Waals surface area contributed by atoms with Crippen molar-refractivity contribution in [3.05, 3.63) is 60.3 Å². The number of alkyl halides is 3. The maximum Gasteiger partial charge on any atom is 0.516 e. The van der Waals surface area contributed by atoms with Crippen LogP contribution < -0.4 is 10.0 Å². The lowest BCUT2D eigenvalue weighted by Crippen LogP contribution is -2.29. The summed E-state index contributed by atoms with van der Waals surface area (Å²) < 4.78 is 61.1. The van der Waals surface area contributed by atoms with Crippen molar-refractivity contribution < 1.29 is 26.4 Å². The van der Waals surface area contributed by atoms with Crippen LogP contribution in [0.5, 0.6) is 0 Å². The van der Waals surface area contributed by atoms with E-state index in [1.54, 1.807) is 30.3 Å². The molecule has 2 aromatic carbocycles. The lowest BCUT2D eigenvalue weighted by molar-refractivity contribution is -0.0429. The van der Waals surface area contributed by atoms with Crippen molar-refractivity contribution in [3.63, 3.8) is 0 Å². The predicted octanol–water partition coefficient (Wildman–Crippen LogP) is 3.68. The van der Waals surface area contributed by atoms with Gasteiger partial charge in [0.2, 0.25) is 0 Å². The summed E-state index contributed by atoms with van der Waals surface area (Å²) in [4.78, 5) is 15.1. The van der Waals surface area contributed by atoms with E-state index in [2.05, 4.69) is 10.3 Å². The Morgan fingerprint density at radius 2 is 1.65 bits per heavy atom. The number of sulfonamides is 1. The van der Waals surface area contributed by atoms with Crippen LogP contribution in [-0.4, -0.2) is 24.8 Å². The standard InChI is InChI=1S/C16H12F3N3O3S/c17-16(18,19)26(24,25)22-12-6-7-13-10(8-12)9-14(21-13)15(23)20-11-4-2-1-3-5-11/h1-9,21-22H,(H,20,23). The maximum absolute atomic E-state index is 12.4. The van der Waals surface area contributed by atoms with Gasteiger partial charge >= 0.3 is 15.5 Å². The molecule has 1 aromatic heterocycles. The molecule has 26 heavy (non-hydrogen) atoms. The molecular weight excluding hydrogens is 371 g/mol. The SMILES string of the molecule is O=C(Nc1ccccc1)c1cc2cc(NS(=O)(=O)C(F)(F)F)ccc2[nH]1. The molecule has 0 aliphatic heterocycles. The molecule has 0 saturated carbocycles. The zero-order valence-electron chi connectivity index (χ0n) is 13.0. The number of anilines is 2. The molecule has 136 valence electrons. The maximum atomic E-state index is 12.4. The molecule has 0 spiro atoms. The van der Waals surface area contributed by atoms with Gasteiger partial charge in [-0.2, -0.15) is 21.6 Å². The highest BCUT2D eigenvalue weighted by Gasteiger charge is 2.46. The second-order valence-electron chi connectivity index (χ2n) is 5.36. The minimum Gasteiger partial charge on any atom is -0.351 e. The van der Waals surface area contributed by atoms with Gasteiger partial charge < -0.3 is 10.3 Å². The van der Waals surface area contributed by atoms with E-state index in [1.165, 1.54) is 29.0 Å². The number of aromatic nitrogens is 1. The summed E-state index contributed by atoms with van der Waals surface area (Å²) in [7, 11) is -5.51. The van der Waals surface area contributed by atoms with Crippen molar-refractivity contribution in [2.45, 2.75) is 5.51 Å². The Hall–Kier alpha value is -3.01. The molecule has 0 bridgehead atoms. The first kappa shape index (κ1) is 17.8. The van der Waals surface area contributed by atoms with Crippen molar-refractivity contribution in [2.75, 3.05) is 10.0 Å². The second-order valence-corrected chi connectivity index (χ2v) is 7.03. The van der Waals surface area contributed by atoms with E-state index in [1.807, 2.05) is 0 Å². The van der Waals surface area contributed by atoms with Crippen LogP contribution in [0.25, 0.3) is 10.9 Å². The van der Waals surface area contributed by atoms with E-state index >= 15 is 0 Å². The molecule has 0 unspecified atom stereocenters. The van der Waals surface area contributed by atoms with E-state index < -0.39 is 21.4 Å². The van der Waals surface area contributed by atoms with Gasteiger partial charge in [-0.05, 0) is 36.4 Å². The average molecular weight is 383 g/mol. The highest BCUT2D eigenvalue weighted by Crippen LogP contribution is 2.27. The fourth-order valence-electron chi connectivity index (χ4n) is 2.25. The zero-order chi connectivity index (χ0) is 18.9. The molecule has 0 aliphatic carbocycles. The molecule has 1 heterocycles. The van der Waals surface area contributed by atoms with Crippen molar-refractivity contribution in [3.8, 4) is 0 Å². The van der Waals surface area contributed by atoms with Crippen LogP contribution in [0.2, 0.25) is 0 Å². The van der Waals surface area contributed by atoms with Crippen molar-refractivity contribution in [1.82, 2.24) is 4.98 Å². The number of hydrogen-bond donors (Lipinski definition) is 3. The molecule has 0 radical (unpaired) electrons. The second kappa shape index (κ2) is 6.37. The molecule has 0 aliphatic rings. The van der Waals surface area contributed by atoms with Crippen LogP contribution in [0.15, 0.2) is 54.6 Å². The summed E-state index contributed by atoms with van der Waals surface area (Å²) in [5.74, 6) is -0.440. The summed E-state index contributed by atoms with van der Waals surface area (Å²) in [6.07, 6.45) is 0. The van der Waals surface area contributed by atoms with Gasteiger partial charge in [-0.1, -0.05) is 18.2 Å². The predicted molar refractivity (Wildman–Crippen MR) is 91.3 cm³/mol. The molecular formula is C16H12F3N3O3S. The van der Waals surface area contributed by atoms with Gasteiger partial charge in [-0.25, -0.2) is 0 Å². The van der Waals surface area contributed by atoms with E-state index in [-0.39, 0.29) is 11.4 Å². The number of carbonyl (C=O) groups is 1. The topological polar surface area (TPSA) is 91.1 Å². The summed E-state index contributed by atoms with van der Waals surface area (Å²) in [5.41, 5.74) is -4.45. The first-order valence-electron chi connectivity index (χ1n) is 7.24. The Morgan fingerprint density at radius 3 is 2.31 bits per heavy atom. The Balaban J connectivity index is 1.85. The molecule has 3 aromatic rings. The van der Waals surface area contributed by atoms with Crippen LogP contribution in [0.4, 0.5) is 24.5 Å². The number of amides is 1. The third-order valence-corrected chi connectivity index (χ3v) is 4.57. The smallest absolute Gasteiger partial charge is 0.351 e. The zero-order valence-corrected chi connectivity index (χ0v) is 13.8. The van der Waals surface area contributed by atoms with Crippen LogP contribution >= 0.6 is 0 Å². The first-order chi connectivity index (χ1) is 12.2. The number of benzene rings is 2. The summed E-state index contributed by atoms with van der Waals surface area (Å²) in [5, 5.41) is 3.04. The van der Waals surface area contributed by atoms with Gasteiger partial charge in [0.15, 0.2) is 0 Å². The molecule has 0 saturated heterocycles. The normalized spacial score (nSPS) is 12.1. The number of para-hydroxylation sites is 1. The minimum atomic E-state index is -5.51. The van der Waals surface area contributed by atoms with E-state index in [0.29, 0.717) is 16.6 Å². The summed E-state index contributed by atoms with van der Waals surface area (Å²) >= 11 is 0. The molecule has 0 atom stereocenters. The number of fused-ring (bicyclic) bond motifs is 1. The molecule has 1 amide bonds. The average Bonchev–Trinajstić information content (AvgIpc) is 2.98. The number of aromatic amines is 1. The van der Waals surface area contributed by atoms with Gasteiger partial charge in [-0.15, -0.1) is 0 Å². The Morgan fingerprint density at radius 1 is 0.962 bits per heavy atom. The Kier molecular flexibility index (Phi) is 4.36. The molecule has 0 fully saturated rings. The summed E-state index contributed by atoms with van der Waals surface area (Å²) in [6, 6.07) is 13.9. The van der Waals surface area contributed by atoms with E-state index in [4.69, 9.17) is 0 Å². The number of nitrogens with one attached hydrogen (secondary N) is 3. The van der Waals surface area contributed by atoms with Gasteiger partial charge in [0.1, 0.15) is 5.69 Å². The number of hydrogen-bond acceptors (Lipinski definition) is 3. The quantitative estimate of drug-likeness (QED) is 0.642. The monoisotopic (exact) mass is 383 g/mol. The van der Waals surface area contributed by atoms with Crippen LogP contribution in [0, 0.1) is 0 Å². The third kappa shape index (κ3) is 3.64. The fraction of sp³-hybridized carbons (Fsp3) is 0.0625. The van der Waals surface area contributed by atoms with E-state index in [0.717, 1.165) is 0 Å². The number of halogens is 3. The number of carbonyl (C=O) groups excluding carboxylic acids is 1. The first-order valence-corrected chi connectivity index (χ1v) is 8.72. The van der Waals surface area contributed by atoms with Crippen LogP contribution in [0.3, 0.4) is 0 Å². The van der Waals surface area contributed by atoms with Crippen molar-refractivity contribution in [2.24, 2.45) is 0 Å². The summed E-state index contributed by atoms with van der Waals surface area (Å²) in [6.45, 7) is 0. The lowest BCUT2D eigenvalue weighted by Gasteiger charge is -2.10. The van der Waals surface area contributed by atoms with Gasteiger partial charge in [0.05, 0.1) is 0 Å². The molecule has 3 N–H and O–H groups in total. The van der Waals surface area contributed by atoms with Gasteiger partial charge in [0, 0.05) is 22.3 Å². The molecule has 3 rings (SSSR count). The third-order valence-electron chi connectivity index (χ3n) is 3.45. The molecule has 6 nitrogen and oxygen atoms in total. The van der Waals surface area contributed by atoms with Crippen molar-refractivity contribution in [1.29, 1.82) is 0 Å². The van der Waals surface area contributed by atoms with Crippen LogP contribution in [0.1, 0.15) is 10.5 Å². The molecule has 10 heteroatoms. The lowest BCUT2D eigenvalue weighted by atomic mass is 10.2. The highest BCUT2D eigenvalue weighted by atomic mass is 32.2. The minimum absolute atomic E-state index is 0.180. The van der Waals surface area contributed by atoms with Gasteiger partial charge in [0.25, 0.3) is 5.91 Å². The van der Waals surface area contributed by atoms with Crippen molar-refractivity contribution >= 4 is 38.2 Å².